The lowest BCUT2D eigenvalue weighted by Gasteiger charge is -2.09. The molecule has 6 nitrogen and oxygen atoms in total. The minimum atomic E-state index is -0.847. The molecular formula is C13H17NO5. The Hall–Kier alpha value is -2.11. The van der Waals surface area contributed by atoms with Crippen LogP contribution in [-0.2, 0) is 11.2 Å². The quantitative estimate of drug-likeness (QED) is 0.341. The molecule has 1 aromatic carbocycles. The van der Waals surface area contributed by atoms with E-state index in [4.69, 9.17) is 4.74 Å². The van der Waals surface area contributed by atoms with Crippen LogP contribution < -0.4 is 4.74 Å². The van der Waals surface area contributed by atoms with Crippen molar-refractivity contribution in [2.24, 2.45) is 0 Å². The van der Waals surface area contributed by atoms with Gasteiger partial charge in [0.05, 0.1) is 17.6 Å². The van der Waals surface area contributed by atoms with Gasteiger partial charge in [-0.05, 0) is 31.4 Å². The number of benzene rings is 1. The Kier molecular flexibility index (Phi) is 5.78. The van der Waals surface area contributed by atoms with Gasteiger partial charge in [-0.15, -0.1) is 0 Å². The number of carbonyl (C=O) groups excluding carboxylic acids is 1. The average molecular weight is 267 g/mol. The fraction of sp³-hybridized carbons (Fsp3) is 0.462. The maximum atomic E-state index is 11.3. The summed E-state index contributed by atoms with van der Waals surface area (Å²) in [6.07, 6.45) is 1.75. The summed E-state index contributed by atoms with van der Waals surface area (Å²) in [6.45, 7) is 3.89. The van der Waals surface area contributed by atoms with Crippen molar-refractivity contribution in [1.29, 1.82) is 0 Å². The van der Waals surface area contributed by atoms with Crippen LogP contribution in [0.25, 0.3) is 0 Å². The predicted octanol–water partition coefficient (Wildman–Crippen LogP) is 3.47. The van der Waals surface area contributed by atoms with Crippen LogP contribution in [0, 0.1) is 10.1 Å². The van der Waals surface area contributed by atoms with E-state index in [2.05, 4.69) is 4.74 Å². The van der Waals surface area contributed by atoms with E-state index in [-0.39, 0.29) is 18.0 Å². The molecule has 0 amide bonds. The molecule has 0 aliphatic rings. The van der Waals surface area contributed by atoms with Gasteiger partial charge in [-0.1, -0.05) is 13.3 Å². The number of ether oxygens (including phenoxy) is 2. The van der Waals surface area contributed by atoms with Gasteiger partial charge in [0, 0.05) is 6.07 Å². The second kappa shape index (κ2) is 7.35. The number of non-ortho nitro benzene ring substituents is 1. The van der Waals surface area contributed by atoms with E-state index in [1.807, 2.05) is 6.92 Å². The van der Waals surface area contributed by atoms with E-state index in [1.54, 1.807) is 13.0 Å². The van der Waals surface area contributed by atoms with Crippen LogP contribution in [-0.4, -0.2) is 17.7 Å². The number of rotatable bonds is 6. The molecule has 0 saturated heterocycles. The fourth-order valence-electron chi connectivity index (χ4n) is 1.56. The van der Waals surface area contributed by atoms with Crippen molar-refractivity contribution < 1.29 is 19.2 Å². The third kappa shape index (κ3) is 4.57. The molecule has 0 bridgehead atoms. The van der Waals surface area contributed by atoms with Gasteiger partial charge in [0.1, 0.15) is 5.75 Å². The highest BCUT2D eigenvalue weighted by atomic mass is 16.7. The van der Waals surface area contributed by atoms with E-state index in [0.717, 1.165) is 18.4 Å². The molecule has 0 atom stereocenters. The smallest absolute Gasteiger partial charge is 0.434 e. The lowest BCUT2D eigenvalue weighted by molar-refractivity contribution is -0.384. The molecule has 0 N–H and O–H groups in total. The fourth-order valence-corrected chi connectivity index (χ4v) is 1.56. The molecule has 0 aliphatic carbocycles. The first-order chi connectivity index (χ1) is 9.08. The summed E-state index contributed by atoms with van der Waals surface area (Å²) < 4.78 is 9.68. The number of unbranched alkanes of at least 4 members (excludes halogenated alkanes) is 1. The van der Waals surface area contributed by atoms with Gasteiger partial charge in [-0.3, -0.25) is 10.1 Å². The minimum absolute atomic E-state index is 0.112. The Bertz CT molecular complexity index is 458. The van der Waals surface area contributed by atoms with Crippen molar-refractivity contribution >= 4 is 11.8 Å². The topological polar surface area (TPSA) is 78.7 Å². The third-order valence-corrected chi connectivity index (χ3v) is 2.52. The van der Waals surface area contributed by atoms with Crippen LogP contribution in [0.5, 0.6) is 5.75 Å². The molecule has 104 valence electrons. The molecule has 19 heavy (non-hydrogen) atoms. The minimum Gasteiger partial charge on any atom is -0.434 e. The van der Waals surface area contributed by atoms with E-state index in [9.17, 15) is 14.9 Å². The molecule has 6 heteroatoms. The molecule has 0 aliphatic heterocycles. The van der Waals surface area contributed by atoms with Gasteiger partial charge in [0.25, 0.3) is 5.69 Å². The van der Waals surface area contributed by atoms with Gasteiger partial charge in [0.2, 0.25) is 0 Å². The summed E-state index contributed by atoms with van der Waals surface area (Å²) in [5.41, 5.74) is 0.653. The highest BCUT2D eigenvalue weighted by molar-refractivity contribution is 5.65. The molecule has 0 spiro atoms. The molecule has 0 saturated carbocycles. The van der Waals surface area contributed by atoms with Crippen LogP contribution in [0.3, 0.4) is 0 Å². The van der Waals surface area contributed by atoms with Crippen LogP contribution >= 0.6 is 0 Å². The Balaban J connectivity index is 2.96. The van der Waals surface area contributed by atoms with Crippen LogP contribution in [0.4, 0.5) is 10.5 Å². The second-order valence-corrected chi connectivity index (χ2v) is 3.94. The molecular weight excluding hydrogens is 250 g/mol. The predicted molar refractivity (Wildman–Crippen MR) is 69.4 cm³/mol. The number of aryl methyl sites for hydroxylation is 1. The zero-order valence-electron chi connectivity index (χ0n) is 11.0. The van der Waals surface area contributed by atoms with Crippen molar-refractivity contribution in [3.63, 3.8) is 0 Å². The number of nitro benzene ring substituents is 1. The lowest BCUT2D eigenvalue weighted by atomic mass is 10.1. The van der Waals surface area contributed by atoms with Crippen molar-refractivity contribution in [2.75, 3.05) is 6.61 Å². The zero-order valence-corrected chi connectivity index (χ0v) is 11.0. The average Bonchev–Trinajstić information content (AvgIpc) is 2.37. The zero-order chi connectivity index (χ0) is 14.3. The van der Waals surface area contributed by atoms with Crippen molar-refractivity contribution in [3.8, 4) is 5.75 Å². The number of nitrogens with zero attached hydrogens (tertiary/aromatic N) is 1. The van der Waals surface area contributed by atoms with Crippen molar-refractivity contribution in [2.45, 2.75) is 33.1 Å². The summed E-state index contributed by atoms with van der Waals surface area (Å²) in [6, 6.07) is 4.27. The monoisotopic (exact) mass is 267 g/mol. The summed E-state index contributed by atoms with van der Waals surface area (Å²) in [7, 11) is 0. The number of nitro groups is 1. The third-order valence-electron chi connectivity index (χ3n) is 2.52. The molecule has 0 fully saturated rings. The van der Waals surface area contributed by atoms with Crippen LogP contribution in [0.1, 0.15) is 32.3 Å². The summed E-state index contributed by atoms with van der Waals surface area (Å²) >= 11 is 0. The second-order valence-electron chi connectivity index (χ2n) is 3.94. The highest BCUT2D eigenvalue weighted by Gasteiger charge is 2.15. The summed E-state index contributed by atoms with van der Waals surface area (Å²) in [5.74, 6) is 0.195. The molecule has 0 aromatic heterocycles. The van der Waals surface area contributed by atoms with Gasteiger partial charge >= 0.3 is 6.16 Å². The largest absolute Gasteiger partial charge is 0.513 e. The van der Waals surface area contributed by atoms with Crippen LogP contribution in [0.2, 0.25) is 0 Å². The lowest BCUT2D eigenvalue weighted by Crippen LogP contribution is -2.11. The number of hydrogen-bond donors (Lipinski definition) is 0. The van der Waals surface area contributed by atoms with E-state index in [0.29, 0.717) is 6.42 Å². The molecule has 0 unspecified atom stereocenters. The summed E-state index contributed by atoms with van der Waals surface area (Å²) in [4.78, 5) is 21.5. The number of hydrogen-bond acceptors (Lipinski definition) is 5. The van der Waals surface area contributed by atoms with Crippen LogP contribution in [0.15, 0.2) is 18.2 Å². The van der Waals surface area contributed by atoms with Gasteiger partial charge in [-0.25, -0.2) is 4.79 Å². The summed E-state index contributed by atoms with van der Waals surface area (Å²) in [5, 5.41) is 10.7. The van der Waals surface area contributed by atoms with Crippen molar-refractivity contribution in [1.82, 2.24) is 0 Å². The molecule has 0 radical (unpaired) electrons. The molecule has 1 rings (SSSR count). The van der Waals surface area contributed by atoms with E-state index >= 15 is 0 Å². The van der Waals surface area contributed by atoms with Gasteiger partial charge in [-0.2, -0.15) is 0 Å². The maximum absolute atomic E-state index is 11.3. The molecule has 1 aromatic rings. The SMILES string of the molecule is CCCCc1ccc([N+](=O)[O-])cc1OC(=O)OCC. The highest BCUT2D eigenvalue weighted by Crippen LogP contribution is 2.26. The Morgan fingerprint density at radius 2 is 2.11 bits per heavy atom. The first-order valence-corrected chi connectivity index (χ1v) is 6.20. The van der Waals surface area contributed by atoms with Gasteiger partial charge in [0.15, 0.2) is 0 Å². The first kappa shape index (κ1) is 14.9. The Morgan fingerprint density at radius 1 is 1.37 bits per heavy atom. The van der Waals surface area contributed by atoms with Gasteiger partial charge < -0.3 is 9.47 Å². The van der Waals surface area contributed by atoms with E-state index in [1.165, 1.54) is 12.1 Å². The maximum Gasteiger partial charge on any atom is 0.513 e. The van der Waals surface area contributed by atoms with Crippen molar-refractivity contribution in [3.05, 3.63) is 33.9 Å². The Morgan fingerprint density at radius 3 is 2.68 bits per heavy atom. The number of carbonyl (C=O) groups is 1. The Labute approximate surface area is 111 Å². The standard InChI is InChI=1S/C13H17NO5/c1-3-5-6-10-7-8-11(14(16)17)9-12(10)19-13(15)18-4-2/h7-9H,3-6H2,1-2H3. The van der Waals surface area contributed by atoms with E-state index < -0.39 is 11.1 Å². The first-order valence-electron chi connectivity index (χ1n) is 6.20. The molecule has 0 heterocycles. The normalized spacial score (nSPS) is 10.0.